The van der Waals surface area contributed by atoms with E-state index >= 15 is 0 Å². The average molecular weight is 252 g/mol. The van der Waals surface area contributed by atoms with Crippen molar-refractivity contribution in [3.8, 4) is 0 Å². The number of nitrogens with zero attached hydrogens (tertiary/aromatic N) is 1. The van der Waals surface area contributed by atoms with Crippen molar-refractivity contribution in [3.05, 3.63) is 23.2 Å². The third-order valence-electron chi connectivity index (χ3n) is 3.68. The predicted octanol–water partition coefficient (Wildman–Crippen LogP) is 1.92. The largest absolute Gasteiger partial charge is 0.465 e. The Morgan fingerprint density at radius 1 is 1.44 bits per heavy atom. The van der Waals surface area contributed by atoms with Gasteiger partial charge < -0.3 is 14.5 Å². The summed E-state index contributed by atoms with van der Waals surface area (Å²) < 4.78 is 11.1. The molecule has 0 bridgehead atoms. The van der Waals surface area contributed by atoms with Gasteiger partial charge in [0.25, 0.3) is 0 Å². The topological polar surface area (TPSA) is 37.6 Å². The van der Waals surface area contributed by atoms with E-state index in [4.69, 9.17) is 9.15 Å². The van der Waals surface area contributed by atoms with Crippen LogP contribution in [-0.2, 0) is 17.8 Å². The maximum Gasteiger partial charge on any atom is 0.118 e. The SMILES string of the molecule is CNCc1cc(CN2CCC(OC)CC2)c(C)o1. The van der Waals surface area contributed by atoms with Crippen LogP contribution in [-0.4, -0.2) is 38.3 Å². The van der Waals surface area contributed by atoms with Gasteiger partial charge in [-0.1, -0.05) is 0 Å². The normalized spacial score (nSPS) is 18.4. The fraction of sp³-hybridized carbons (Fsp3) is 0.714. The molecule has 0 radical (unpaired) electrons. The van der Waals surface area contributed by atoms with Gasteiger partial charge in [0.1, 0.15) is 11.5 Å². The van der Waals surface area contributed by atoms with E-state index in [0.717, 1.165) is 50.5 Å². The van der Waals surface area contributed by atoms with E-state index in [9.17, 15) is 0 Å². The van der Waals surface area contributed by atoms with E-state index in [1.807, 2.05) is 14.2 Å². The van der Waals surface area contributed by atoms with Crippen molar-refractivity contribution in [2.45, 2.75) is 39.0 Å². The van der Waals surface area contributed by atoms with E-state index in [1.165, 1.54) is 5.56 Å². The molecular weight excluding hydrogens is 228 g/mol. The van der Waals surface area contributed by atoms with E-state index < -0.39 is 0 Å². The smallest absolute Gasteiger partial charge is 0.118 e. The van der Waals surface area contributed by atoms with Gasteiger partial charge in [-0.05, 0) is 32.9 Å². The van der Waals surface area contributed by atoms with Crippen LogP contribution in [0.15, 0.2) is 10.5 Å². The second-order valence-corrected chi connectivity index (χ2v) is 5.04. The van der Waals surface area contributed by atoms with Gasteiger partial charge in [0, 0.05) is 32.3 Å². The predicted molar refractivity (Wildman–Crippen MR) is 71.5 cm³/mol. The molecule has 2 rings (SSSR count). The first-order valence-electron chi connectivity index (χ1n) is 6.71. The lowest BCUT2D eigenvalue weighted by atomic mass is 10.1. The molecule has 1 saturated heterocycles. The number of methoxy groups -OCH3 is 1. The van der Waals surface area contributed by atoms with Gasteiger partial charge in [-0.3, -0.25) is 4.90 Å². The van der Waals surface area contributed by atoms with Crippen LogP contribution in [0.4, 0.5) is 0 Å². The minimum absolute atomic E-state index is 0.451. The number of hydrogen-bond acceptors (Lipinski definition) is 4. The highest BCUT2D eigenvalue weighted by molar-refractivity contribution is 5.20. The fourth-order valence-corrected chi connectivity index (χ4v) is 2.55. The van der Waals surface area contributed by atoms with Crippen LogP contribution in [0, 0.1) is 6.92 Å². The minimum Gasteiger partial charge on any atom is -0.465 e. The first kappa shape index (κ1) is 13.6. The Morgan fingerprint density at radius 2 is 2.17 bits per heavy atom. The number of aryl methyl sites for hydroxylation is 1. The number of rotatable bonds is 5. The van der Waals surface area contributed by atoms with E-state index in [1.54, 1.807) is 0 Å². The molecule has 0 atom stereocenters. The highest BCUT2D eigenvalue weighted by Gasteiger charge is 2.20. The Labute approximate surface area is 109 Å². The zero-order valence-electron chi connectivity index (χ0n) is 11.7. The maximum atomic E-state index is 5.73. The molecule has 18 heavy (non-hydrogen) atoms. The molecule has 1 aromatic heterocycles. The van der Waals surface area contributed by atoms with Crippen molar-refractivity contribution >= 4 is 0 Å². The number of piperidine rings is 1. The standard InChI is InChI=1S/C14H24N2O2/c1-11-12(8-14(18-11)9-15-2)10-16-6-4-13(17-3)5-7-16/h8,13,15H,4-7,9-10H2,1-3H3. The Balaban J connectivity index is 1.89. The molecule has 0 unspecified atom stereocenters. The molecule has 1 fully saturated rings. The summed E-state index contributed by atoms with van der Waals surface area (Å²) in [6.45, 7) is 6.08. The molecule has 102 valence electrons. The molecule has 2 heterocycles. The Hall–Kier alpha value is -0.840. The van der Waals surface area contributed by atoms with E-state index in [0.29, 0.717) is 6.10 Å². The summed E-state index contributed by atoms with van der Waals surface area (Å²) in [5, 5.41) is 3.12. The lowest BCUT2D eigenvalue weighted by molar-refractivity contribution is 0.0387. The van der Waals surface area contributed by atoms with Crippen LogP contribution in [0.2, 0.25) is 0 Å². The van der Waals surface area contributed by atoms with Crippen LogP contribution in [0.5, 0.6) is 0 Å². The van der Waals surface area contributed by atoms with Gasteiger partial charge in [-0.25, -0.2) is 0 Å². The number of nitrogens with one attached hydrogen (secondary N) is 1. The van der Waals surface area contributed by atoms with Crippen LogP contribution in [0.3, 0.4) is 0 Å². The number of hydrogen-bond donors (Lipinski definition) is 1. The number of likely N-dealkylation sites (tertiary alicyclic amines) is 1. The first-order chi connectivity index (χ1) is 8.72. The molecule has 0 saturated carbocycles. The molecular formula is C14H24N2O2. The highest BCUT2D eigenvalue weighted by atomic mass is 16.5. The lowest BCUT2D eigenvalue weighted by Crippen LogP contribution is -2.36. The third-order valence-corrected chi connectivity index (χ3v) is 3.68. The fourth-order valence-electron chi connectivity index (χ4n) is 2.55. The van der Waals surface area contributed by atoms with Crippen LogP contribution >= 0.6 is 0 Å². The van der Waals surface area contributed by atoms with Gasteiger partial charge in [-0.2, -0.15) is 0 Å². The Morgan fingerprint density at radius 3 is 2.78 bits per heavy atom. The van der Waals surface area contributed by atoms with Gasteiger partial charge in [0.2, 0.25) is 0 Å². The summed E-state index contributed by atoms with van der Waals surface area (Å²) in [5.41, 5.74) is 1.32. The van der Waals surface area contributed by atoms with E-state index in [2.05, 4.69) is 23.2 Å². The van der Waals surface area contributed by atoms with Gasteiger partial charge >= 0.3 is 0 Å². The monoisotopic (exact) mass is 252 g/mol. The molecule has 1 aliphatic rings. The number of ether oxygens (including phenoxy) is 1. The quantitative estimate of drug-likeness (QED) is 0.869. The average Bonchev–Trinajstić information content (AvgIpc) is 2.71. The summed E-state index contributed by atoms with van der Waals surface area (Å²) in [6, 6.07) is 2.17. The number of furan rings is 1. The molecule has 4 nitrogen and oxygen atoms in total. The van der Waals surface area contributed by atoms with Gasteiger partial charge in [0.15, 0.2) is 0 Å². The molecule has 4 heteroatoms. The molecule has 1 aliphatic heterocycles. The van der Waals surface area contributed by atoms with Crippen molar-refractivity contribution in [1.29, 1.82) is 0 Å². The van der Waals surface area contributed by atoms with Crippen molar-refractivity contribution in [1.82, 2.24) is 10.2 Å². The summed E-state index contributed by atoms with van der Waals surface area (Å²) >= 11 is 0. The second-order valence-electron chi connectivity index (χ2n) is 5.04. The summed E-state index contributed by atoms with van der Waals surface area (Å²) in [5.74, 6) is 2.07. The van der Waals surface area contributed by atoms with Crippen molar-refractivity contribution in [3.63, 3.8) is 0 Å². The maximum absolute atomic E-state index is 5.73. The van der Waals surface area contributed by atoms with Crippen LogP contribution < -0.4 is 5.32 Å². The molecule has 0 spiro atoms. The van der Waals surface area contributed by atoms with Crippen molar-refractivity contribution in [2.75, 3.05) is 27.2 Å². The van der Waals surface area contributed by atoms with Gasteiger partial charge in [0.05, 0.1) is 12.6 Å². The summed E-state index contributed by atoms with van der Waals surface area (Å²) in [4.78, 5) is 2.48. The first-order valence-corrected chi connectivity index (χ1v) is 6.71. The molecule has 1 N–H and O–H groups in total. The summed E-state index contributed by atoms with van der Waals surface area (Å²) in [7, 11) is 3.75. The molecule has 0 aromatic carbocycles. The van der Waals surface area contributed by atoms with Crippen LogP contribution in [0.25, 0.3) is 0 Å². The zero-order valence-corrected chi connectivity index (χ0v) is 11.7. The Kier molecular flexibility index (Phi) is 4.80. The van der Waals surface area contributed by atoms with Crippen LogP contribution in [0.1, 0.15) is 29.9 Å². The minimum atomic E-state index is 0.451. The van der Waals surface area contributed by atoms with E-state index in [-0.39, 0.29) is 0 Å². The third kappa shape index (κ3) is 3.34. The Bertz CT molecular complexity index is 368. The zero-order chi connectivity index (χ0) is 13.0. The van der Waals surface area contributed by atoms with Crippen molar-refractivity contribution < 1.29 is 9.15 Å². The molecule has 0 amide bonds. The molecule has 1 aromatic rings. The van der Waals surface area contributed by atoms with Crippen molar-refractivity contribution in [2.24, 2.45) is 0 Å². The highest BCUT2D eigenvalue weighted by Crippen LogP contribution is 2.20. The second kappa shape index (κ2) is 6.36. The van der Waals surface area contributed by atoms with Gasteiger partial charge in [-0.15, -0.1) is 0 Å². The lowest BCUT2D eigenvalue weighted by Gasteiger charge is -2.30. The molecule has 0 aliphatic carbocycles. The summed E-state index contributed by atoms with van der Waals surface area (Å²) in [6.07, 6.45) is 2.72.